The maximum Gasteiger partial charge on any atom is 0.330 e. The maximum atomic E-state index is 13.7. The predicted molar refractivity (Wildman–Crippen MR) is 200 cm³/mol. The molecule has 0 aromatic heterocycles. The van der Waals surface area contributed by atoms with Gasteiger partial charge >= 0.3 is 17.9 Å². The van der Waals surface area contributed by atoms with Crippen molar-refractivity contribution >= 4 is 41.4 Å². The van der Waals surface area contributed by atoms with Gasteiger partial charge in [0.25, 0.3) is 0 Å². The van der Waals surface area contributed by atoms with E-state index < -0.39 is 40.1 Å². The summed E-state index contributed by atoms with van der Waals surface area (Å²) < 4.78 is 6.25. The largest absolute Gasteiger partial charge is 0.508 e. The van der Waals surface area contributed by atoms with Crippen LogP contribution in [0.2, 0.25) is 0 Å². The first-order chi connectivity index (χ1) is 24.7. The number of esters is 1. The van der Waals surface area contributed by atoms with Gasteiger partial charge in [-0.2, -0.15) is 0 Å². The van der Waals surface area contributed by atoms with E-state index in [-0.39, 0.29) is 52.0 Å². The van der Waals surface area contributed by atoms with Gasteiger partial charge in [-0.3, -0.25) is 14.4 Å². The van der Waals surface area contributed by atoms with E-state index in [2.05, 4.69) is 52.9 Å². The number of hydrogen-bond acceptors (Lipinski definition) is 7. The predicted octanol–water partition coefficient (Wildman–Crippen LogP) is 7.96. The van der Waals surface area contributed by atoms with E-state index in [0.717, 1.165) is 50.2 Å². The van der Waals surface area contributed by atoms with Crippen molar-refractivity contribution in [2.45, 2.75) is 106 Å². The quantitative estimate of drug-likeness (QED) is 0.0898. The minimum atomic E-state index is -1.28. The third kappa shape index (κ3) is 6.33. The van der Waals surface area contributed by atoms with E-state index >= 15 is 0 Å². The number of carboxylic acid groups (broad SMARTS) is 2. The van der Waals surface area contributed by atoms with E-state index in [1.807, 2.05) is 0 Å². The molecule has 53 heavy (non-hydrogen) atoms. The Balaban J connectivity index is 1.36. The average molecular weight is 730 g/mol. The highest BCUT2D eigenvalue weighted by Gasteiger charge is 2.71. The fourth-order valence-corrected chi connectivity index (χ4v) is 12.1. The Kier molecular flexibility index (Phi) is 9.64. The monoisotopic (exact) mass is 729 g/mol. The Bertz CT molecular complexity index is 1820. The highest BCUT2D eigenvalue weighted by Crippen LogP contribution is 2.75. The Morgan fingerprint density at radius 2 is 1.62 bits per heavy atom. The molecule has 10 nitrogen and oxygen atoms in total. The molecule has 0 saturated heterocycles. The number of carbonyl (C=O) groups excluding carboxylic acids is 3. The zero-order chi connectivity index (χ0) is 38.8. The summed E-state index contributed by atoms with van der Waals surface area (Å²) in [6.07, 6.45) is 13.8. The molecule has 4 saturated carbocycles. The molecule has 1 aromatic carbocycles. The van der Waals surface area contributed by atoms with Gasteiger partial charge in [-0.05, 0) is 116 Å². The van der Waals surface area contributed by atoms with Gasteiger partial charge in [0.05, 0.1) is 5.41 Å². The number of phenols is 1. The second-order valence-electron chi connectivity index (χ2n) is 18.4. The van der Waals surface area contributed by atoms with Gasteiger partial charge in [0.1, 0.15) is 18.1 Å². The Morgan fingerprint density at radius 1 is 0.906 bits per heavy atom. The summed E-state index contributed by atoms with van der Waals surface area (Å²) in [6, 6.07) is 4.19. The number of anilines is 1. The molecule has 10 heteroatoms. The normalized spacial score (nSPS) is 35.6. The van der Waals surface area contributed by atoms with Crippen LogP contribution < -0.4 is 5.32 Å². The smallest absolute Gasteiger partial charge is 0.330 e. The summed E-state index contributed by atoms with van der Waals surface area (Å²) in [5.41, 5.74) is -0.670. The molecule has 286 valence electrons. The number of benzene rings is 1. The van der Waals surface area contributed by atoms with Gasteiger partial charge in [0, 0.05) is 46.7 Å². The second-order valence-corrected chi connectivity index (χ2v) is 18.4. The summed E-state index contributed by atoms with van der Waals surface area (Å²) in [7, 11) is 0. The summed E-state index contributed by atoms with van der Waals surface area (Å²) in [4.78, 5) is 63.4. The zero-order valence-electron chi connectivity index (χ0n) is 31.9. The van der Waals surface area contributed by atoms with Crippen molar-refractivity contribution in [1.82, 2.24) is 0 Å². The first kappa shape index (κ1) is 38.5. The Hall–Kier alpha value is -4.21. The number of fused-ring (bicyclic) bond motifs is 7. The fraction of sp³-hybridized carbons (Fsp3) is 0.605. The number of ketones is 1. The third-order valence-corrected chi connectivity index (χ3v) is 15.0. The lowest BCUT2D eigenvalue weighted by atomic mass is 9.33. The number of aliphatic carboxylic acids is 2. The fourth-order valence-electron chi connectivity index (χ4n) is 12.1. The highest BCUT2D eigenvalue weighted by atomic mass is 16.5. The van der Waals surface area contributed by atoms with Crippen LogP contribution in [0.4, 0.5) is 5.69 Å². The lowest BCUT2D eigenvalue weighted by Gasteiger charge is -2.70. The molecule has 0 heterocycles. The van der Waals surface area contributed by atoms with Crippen LogP contribution in [0.5, 0.6) is 5.75 Å². The van der Waals surface area contributed by atoms with Crippen molar-refractivity contribution < 1.29 is 44.0 Å². The molecule has 4 fully saturated rings. The van der Waals surface area contributed by atoms with Crippen molar-refractivity contribution in [2.24, 2.45) is 50.2 Å². The maximum absolute atomic E-state index is 13.7. The number of carboxylic acids is 2. The van der Waals surface area contributed by atoms with Crippen LogP contribution in [-0.2, 0) is 28.7 Å². The summed E-state index contributed by atoms with van der Waals surface area (Å²) >= 11 is 0. The summed E-state index contributed by atoms with van der Waals surface area (Å²) in [5.74, 6) is -2.84. The van der Waals surface area contributed by atoms with E-state index in [1.165, 1.54) is 30.4 Å². The molecule has 3 unspecified atom stereocenters. The van der Waals surface area contributed by atoms with Crippen LogP contribution in [0.3, 0.4) is 0 Å². The average Bonchev–Trinajstić information content (AvgIpc) is 3.08. The minimum absolute atomic E-state index is 0.0418. The van der Waals surface area contributed by atoms with Gasteiger partial charge in [-0.15, -0.1) is 0 Å². The summed E-state index contributed by atoms with van der Waals surface area (Å²) in [5, 5.41) is 32.5. The molecule has 0 aliphatic heterocycles. The number of aromatic hydroxyl groups is 1. The Morgan fingerprint density at radius 3 is 2.32 bits per heavy atom. The number of phenolic OH excluding ortho intramolecular Hbond substituents is 1. The zero-order valence-corrected chi connectivity index (χ0v) is 31.9. The van der Waals surface area contributed by atoms with E-state index in [0.29, 0.717) is 43.1 Å². The number of ether oxygens (including phenoxy) is 1. The van der Waals surface area contributed by atoms with Crippen LogP contribution in [0.1, 0.15) is 111 Å². The molecule has 5 aliphatic rings. The lowest BCUT2D eigenvalue weighted by Crippen LogP contribution is -2.66. The van der Waals surface area contributed by atoms with Gasteiger partial charge < -0.3 is 25.4 Å². The van der Waals surface area contributed by atoms with Crippen LogP contribution >= 0.6 is 0 Å². The minimum Gasteiger partial charge on any atom is -0.508 e. The first-order valence-electron chi connectivity index (χ1n) is 19.1. The molecule has 4 N–H and O–H groups in total. The van der Waals surface area contributed by atoms with Crippen LogP contribution in [-0.4, -0.2) is 51.5 Å². The molecule has 5 aliphatic carbocycles. The highest BCUT2D eigenvalue weighted by molar-refractivity contribution is 6.03. The molecule has 6 rings (SSSR count). The number of nitrogens with one attached hydrogen (secondary N) is 1. The summed E-state index contributed by atoms with van der Waals surface area (Å²) in [6.45, 7) is 13.5. The van der Waals surface area contributed by atoms with Crippen molar-refractivity contribution in [1.29, 1.82) is 0 Å². The van der Waals surface area contributed by atoms with Crippen LogP contribution in [0.15, 0.2) is 48.1 Å². The van der Waals surface area contributed by atoms with Crippen molar-refractivity contribution in [2.75, 3.05) is 11.9 Å². The van der Waals surface area contributed by atoms with Gasteiger partial charge in [-0.25, -0.2) is 9.59 Å². The van der Waals surface area contributed by atoms with Gasteiger partial charge in [0.2, 0.25) is 5.91 Å². The van der Waals surface area contributed by atoms with Crippen molar-refractivity contribution in [3.05, 3.63) is 53.6 Å². The molecule has 0 radical (unpaired) electrons. The standard InChI is InChI=1S/C43H55NO9/c1-38(2)19-20-42(37(51)52)21-22-43(25-53-36(50)14-7-26-23-27(45)8-10-30(26)44-34(47)12-13-35(48)49)28(29(42)24-38)9-11-32-40(5)17-16-33(46)39(3,4)31(40)15-18-41(32,43)6/h7-10,12-14,23,29,31-32,45H,11,15-22,24-25H2,1-6H3,(H,44,47)(H,48,49)(H,51,52)/b13-12-,14-7+/t29?,31?,32?,40-,41+,42-,43-/m0/s1. The molecular weight excluding hydrogens is 674 g/mol. The van der Waals surface area contributed by atoms with Gasteiger partial charge in [-0.1, -0.05) is 53.2 Å². The number of rotatable bonds is 8. The molecule has 1 aromatic rings. The molecular formula is C43H55NO9. The van der Waals surface area contributed by atoms with E-state index in [9.17, 15) is 34.2 Å². The topological polar surface area (TPSA) is 167 Å². The number of hydrogen-bond donors (Lipinski definition) is 4. The van der Waals surface area contributed by atoms with Crippen molar-refractivity contribution in [3.63, 3.8) is 0 Å². The molecule has 0 bridgehead atoms. The van der Waals surface area contributed by atoms with Crippen molar-refractivity contribution in [3.8, 4) is 5.75 Å². The van der Waals surface area contributed by atoms with E-state index in [1.54, 1.807) is 0 Å². The van der Waals surface area contributed by atoms with E-state index in [4.69, 9.17) is 9.84 Å². The number of allylic oxidation sites excluding steroid dienone is 1. The number of amides is 1. The molecule has 7 atom stereocenters. The second kappa shape index (κ2) is 13.3. The van der Waals surface area contributed by atoms with Gasteiger partial charge in [0.15, 0.2) is 0 Å². The Labute approximate surface area is 312 Å². The van der Waals surface area contributed by atoms with Crippen LogP contribution in [0.25, 0.3) is 6.08 Å². The lowest BCUT2D eigenvalue weighted by molar-refractivity contribution is -0.202. The molecule has 1 amide bonds. The molecule has 0 spiro atoms. The SMILES string of the molecule is CC1(C)CC[C@]2(C(=O)O)CC[C@]3(COC(=O)/C=C/c4cc(O)ccc4NC(=O)/C=C\C(=O)O)C(=CCC4[C@@]5(C)CCC(=O)C(C)(C)C5CC[C@]43C)C2C1. The number of Topliss-reactive ketones (excluding diaryl/α,β-unsaturated/α-hetero) is 1. The first-order valence-corrected chi connectivity index (χ1v) is 19.1. The van der Waals surface area contributed by atoms with Crippen LogP contribution in [0, 0.1) is 50.2 Å². The third-order valence-electron chi connectivity index (χ3n) is 15.0. The number of carbonyl (C=O) groups is 5.